The van der Waals surface area contributed by atoms with Crippen molar-refractivity contribution >= 4 is 43.5 Å². The third kappa shape index (κ3) is 3.40. The second-order valence-corrected chi connectivity index (χ2v) is 8.25. The van der Waals surface area contributed by atoms with E-state index in [2.05, 4.69) is 34.9 Å². The number of fused-ring (bicyclic) bond motifs is 2. The van der Waals surface area contributed by atoms with E-state index >= 15 is 0 Å². The number of amides is 2. The maximum absolute atomic E-state index is 12.3. The molecule has 2 amide bonds. The average molecular weight is 404 g/mol. The van der Waals surface area contributed by atoms with Crippen LogP contribution in [0.5, 0.6) is 5.75 Å². The number of aryl methyl sites for hydroxylation is 2. The Bertz CT molecular complexity index is 1210. The molecule has 0 bridgehead atoms. The molecule has 0 radical (unpaired) electrons. The molecular formula is C23H21N3O2S. The minimum Gasteiger partial charge on any atom is -0.497 e. The van der Waals surface area contributed by atoms with Crippen LogP contribution in [0.1, 0.15) is 16.7 Å². The van der Waals surface area contributed by atoms with Crippen LogP contribution in [0, 0.1) is 0 Å². The Morgan fingerprint density at radius 3 is 2.79 bits per heavy atom. The van der Waals surface area contributed by atoms with Gasteiger partial charge in [-0.05, 0) is 59.5 Å². The predicted molar refractivity (Wildman–Crippen MR) is 118 cm³/mol. The number of benzene rings is 3. The molecule has 6 heteroatoms. The second-order valence-electron chi connectivity index (χ2n) is 7.22. The van der Waals surface area contributed by atoms with E-state index in [-0.39, 0.29) is 6.03 Å². The standard InChI is InChI=1S/C23H21N3O2S/c1-28-17-9-5-14(6-10-17)11-12-24-22(27)26-23-25-21-18-4-2-3-15-7-8-16(20(15)18)13-19(21)29-23/h2-6,9-10,13H,7-8,11-12H2,1H3,(H2,24,25,26,27). The zero-order valence-corrected chi connectivity index (χ0v) is 16.9. The molecule has 29 heavy (non-hydrogen) atoms. The van der Waals surface area contributed by atoms with E-state index in [1.165, 1.54) is 33.2 Å². The van der Waals surface area contributed by atoms with Gasteiger partial charge in [-0.2, -0.15) is 0 Å². The monoisotopic (exact) mass is 403 g/mol. The zero-order chi connectivity index (χ0) is 19.8. The molecule has 5 nitrogen and oxygen atoms in total. The first-order chi connectivity index (χ1) is 14.2. The quantitative estimate of drug-likeness (QED) is 0.497. The number of thiazole rings is 1. The normalized spacial score (nSPS) is 12.4. The summed E-state index contributed by atoms with van der Waals surface area (Å²) in [5.74, 6) is 0.831. The number of aromatic nitrogens is 1. The molecule has 1 aliphatic rings. The third-order valence-electron chi connectivity index (χ3n) is 5.43. The van der Waals surface area contributed by atoms with Gasteiger partial charge in [-0.3, -0.25) is 5.32 Å². The van der Waals surface area contributed by atoms with E-state index in [1.807, 2.05) is 24.3 Å². The fourth-order valence-corrected chi connectivity index (χ4v) is 4.95. The number of rotatable bonds is 5. The summed E-state index contributed by atoms with van der Waals surface area (Å²) in [6.07, 6.45) is 2.94. The molecule has 0 aliphatic heterocycles. The average Bonchev–Trinajstić information content (AvgIpc) is 3.34. The molecule has 3 aromatic carbocycles. The molecule has 0 spiro atoms. The van der Waals surface area contributed by atoms with Crippen LogP contribution in [0.4, 0.5) is 9.93 Å². The van der Waals surface area contributed by atoms with Gasteiger partial charge in [0, 0.05) is 11.9 Å². The first-order valence-corrected chi connectivity index (χ1v) is 10.5. The lowest BCUT2D eigenvalue weighted by Crippen LogP contribution is -2.30. The summed E-state index contributed by atoms with van der Waals surface area (Å²) < 4.78 is 6.29. The lowest BCUT2D eigenvalue weighted by molar-refractivity contribution is 0.252. The van der Waals surface area contributed by atoms with Gasteiger partial charge in [0.05, 0.1) is 17.3 Å². The Kier molecular flexibility index (Phi) is 4.56. The Hall–Kier alpha value is -3.12. The fourth-order valence-electron chi connectivity index (χ4n) is 4.01. The van der Waals surface area contributed by atoms with Crippen LogP contribution in [-0.4, -0.2) is 24.7 Å². The van der Waals surface area contributed by atoms with Crippen molar-refractivity contribution in [1.29, 1.82) is 0 Å². The third-order valence-corrected chi connectivity index (χ3v) is 6.35. The summed E-state index contributed by atoms with van der Waals surface area (Å²) in [4.78, 5) is 17.0. The van der Waals surface area contributed by atoms with Gasteiger partial charge in [0.25, 0.3) is 0 Å². The highest BCUT2D eigenvalue weighted by Gasteiger charge is 2.18. The Balaban J connectivity index is 1.27. The number of nitrogens with zero attached hydrogens (tertiary/aromatic N) is 1. The summed E-state index contributed by atoms with van der Waals surface area (Å²) in [5.41, 5.74) is 4.92. The Labute approximate surface area is 172 Å². The van der Waals surface area contributed by atoms with Crippen LogP contribution in [0.15, 0.2) is 48.5 Å². The number of hydrogen-bond donors (Lipinski definition) is 2. The highest BCUT2D eigenvalue weighted by Crippen LogP contribution is 2.38. The molecule has 146 valence electrons. The van der Waals surface area contributed by atoms with Crippen molar-refractivity contribution in [3.05, 3.63) is 65.2 Å². The number of methoxy groups -OCH3 is 1. The number of anilines is 1. The van der Waals surface area contributed by atoms with E-state index in [0.717, 1.165) is 40.8 Å². The highest BCUT2D eigenvalue weighted by molar-refractivity contribution is 7.22. The maximum atomic E-state index is 12.3. The molecule has 0 saturated heterocycles. The molecule has 1 aliphatic carbocycles. The van der Waals surface area contributed by atoms with Crippen molar-refractivity contribution in [3.8, 4) is 5.75 Å². The molecule has 2 N–H and O–H groups in total. The van der Waals surface area contributed by atoms with Crippen LogP contribution >= 0.6 is 11.3 Å². The lowest BCUT2D eigenvalue weighted by atomic mass is 10.0. The summed E-state index contributed by atoms with van der Waals surface area (Å²) in [5, 5.41) is 8.97. The summed E-state index contributed by atoms with van der Waals surface area (Å²) >= 11 is 1.53. The van der Waals surface area contributed by atoms with E-state index in [4.69, 9.17) is 9.72 Å². The number of carbonyl (C=O) groups is 1. The number of urea groups is 1. The molecule has 5 rings (SSSR count). The summed E-state index contributed by atoms with van der Waals surface area (Å²) in [6.45, 7) is 0.555. The van der Waals surface area contributed by atoms with Crippen LogP contribution in [-0.2, 0) is 19.3 Å². The number of nitrogens with one attached hydrogen (secondary N) is 2. The highest BCUT2D eigenvalue weighted by atomic mass is 32.1. The van der Waals surface area contributed by atoms with Gasteiger partial charge in [0.15, 0.2) is 5.13 Å². The molecular weight excluding hydrogens is 382 g/mol. The van der Waals surface area contributed by atoms with Gasteiger partial charge in [0.2, 0.25) is 0 Å². The van der Waals surface area contributed by atoms with Gasteiger partial charge >= 0.3 is 6.03 Å². The van der Waals surface area contributed by atoms with Gasteiger partial charge < -0.3 is 10.1 Å². The van der Waals surface area contributed by atoms with Gasteiger partial charge in [0.1, 0.15) is 5.75 Å². The molecule has 0 fully saturated rings. The zero-order valence-electron chi connectivity index (χ0n) is 16.1. The lowest BCUT2D eigenvalue weighted by Gasteiger charge is -2.06. The van der Waals surface area contributed by atoms with Crippen molar-refractivity contribution in [3.63, 3.8) is 0 Å². The van der Waals surface area contributed by atoms with E-state index < -0.39 is 0 Å². The molecule has 1 aromatic heterocycles. The topological polar surface area (TPSA) is 63.2 Å². The van der Waals surface area contributed by atoms with Gasteiger partial charge in [-0.15, -0.1) is 0 Å². The Morgan fingerprint density at radius 1 is 1.14 bits per heavy atom. The van der Waals surface area contributed by atoms with Gasteiger partial charge in [-0.1, -0.05) is 41.7 Å². The molecule has 0 atom stereocenters. The first-order valence-electron chi connectivity index (χ1n) is 9.73. The SMILES string of the molecule is COc1ccc(CCNC(=O)Nc2nc3c(cc4c5c(cccc53)CC4)s2)cc1. The number of carbonyl (C=O) groups excluding carboxylic acids is 1. The largest absolute Gasteiger partial charge is 0.497 e. The van der Waals surface area contributed by atoms with Crippen LogP contribution in [0.3, 0.4) is 0 Å². The smallest absolute Gasteiger partial charge is 0.321 e. The minimum atomic E-state index is -0.227. The molecule has 0 unspecified atom stereocenters. The molecule has 4 aromatic rings. The van der Waals surface area contributed by atoms with Crippen molar-refractivity contribution in [2.24, 2.45) is 0 Å². The van der Waals surface area contributed by atoms with Crippen LogP contribution < -0.4 is 15.4 Å². The van der Waals surface area contributed by atoms with Gasteiger partial charge in [-0.25, -0.2) is 9.78 Å². The molecule has 1 heterocycles. The van der Waals surface area contributed by atoms with Crippen molar-refractivity contribution in [1.82, 2.24) is 10.3 Å². The first kappa shape index (κ1) is 17.9. The fraction of sp³-hybridized carbons (Fsp3) is 0.217. The second kappa shape index (κ2) is 7.37. The van der Waals surface area contributed by atoms with Crippen molar-refractivity contribution < 1.29 is 9.53 Å². The maximum Gasteiger partial charge on any atom is 0.321 e. The van der Waals surface area contributed by atoms with Crippen molar-refractivity contribution in [2.45, 2.75) is 19.3 Å². The van der Waals surface area contributed by atoms with Crippen molar-refractivity contribution in [2.75, 3.05) is 19.0 Å². The predicted octanol–water partition coefficient (Wildman–Crippen LogP) is 4.92. The summed E-state index contributed by atoms with van der Waals surface area (Å²) in [6, 6.07) is 16.3. The van der Waals surface area contributed by atoms with Crippen LogP contribution in [0.2, 0.25) is 0 Å². The minimum absolute atomic E-state index is 0.227. The van der Waals surface area contributed by atoms with E-state index in [1.54, 1.807) is 7.11 Å². The number of hydrogen-bond acceptors (Lipinski definition) is 4. The summed E-state index contributed by atoms with van der Waals surface area (Å²) in [7, 11) is 1.65. The van der Waals surface area contributed by atoms with Crippen LogP contribution in [0.25, 0.3) is 21.0 Å². The Morgan fingerprint density at radius 2 is 1.97 bits per heavy atom. The molecule has 0 saturated carbocycles. The van der Waals surface area contributed by atoms with E-state index in [0.29, 0.717) is 11.7 Å². The van der Waals surface area contributed by atoms with E-state index in [9.17, 15) is 4.79 Å². The number of ether oxygens (including phenoxy) is 1.